The molecule has 1 aliphatic carbocycles. The molecule has 1 N–H and O–H groups in total. The number of rotatable bonds is 4. The topological polar surface area (TPSA) is 39.1 Å². The van der Waals surface area contributed by atoms with Gasteiger partial charge in [-0.05, 0) is 72.3 Å². The highest BCUT2D eigenvalue weighted by molar-refractivity contribution is 9.10. The van der Waals surface area contributed by atoms with E-state index in [9.17, 15) is 0 Å². The van der Waals surface area contributed by atoms with Gasteiger partial charge in [-0.25, -0.2) is 0 Å². The van der Waals surface area contributed by atoms with Crippen LogP contribution in [0.4, 0.5) is 5.69 Å². The summed E-state index contributed by atoms with van der Waals surface area (Å²) >= 11 is 3.59. The van der Waals surface area contributed by atoms with Crippen LogP contribution in [-0.2, 0) is 0 Å². The molecule has 0 amide bonds. The number of benzene rings is 1. The lowest BCUT2D eigenvalue weighted by Gasteiger charge is -2.34. The molecule has 1 heterocycles. The van der Waals surface area contributed by atoms with Gasteiger partial charge in [0.1, 0.15) is 0 Å². The average molecular weight is 334 g/mol. The maximum Gasteiger partial charge on any atom is 0.0992 e. The maximum atomic E-state index is 8.91. The fourth-order valence-electron chi connectivity index (χ4n) is 2.81. The number of halogens is 1. The molecule has 20 heavy (non-hydrogen) atoms. The second kappa shape index (κ2) is 6.15. The smallest absolute Gasteiger partial charge is 0.0992 e. The van der Waals surface area contributed by atoms with E-state index < -0.39 is 0 Å². The van der Waals surface area contributed by atoms with Crippen molar-refractivity contribution in [3.05, 3.63) is 28.2 Å². The van der Waals surface area contributed by atoms with Crippen LogP contribution in [0.15, 0.2) is 22.7 Å². The van der Waals surface area contributed by atoms with E-state index in [-0.39, 0.29) is 0 Å². The fourth-order valence-corrected chi connectivity index (χ4v) is 3.44. The summed E-state index contributed by atoms with van der Waals surface area (Å²) in [6.45, 7) is 3.39. The molecular weight excluding hydrogens is 314 g/mol. The minimum atomic E-state index is 0.684. The molecule has 0 unspecified atom stereocenters. The molecule has 0 bridgehead atoms. The van der Waals surface area contributed by atoms with Gasteiger partial charge in [-0.1, -0.05) is 0 Å². The second-order valence-electron chi connectivity index (χ2n) is 5.89. The van der Waals surface area contributed by atoms with Crippen molar-refractivity contribution >= 4 is 21.6 Å². The third-order valence-corrected chi connectivity index (χ3v) is 4.94. The Balaban J connectivity index is 1.55. The minimum absolute atomic E-state index is 0.684. The van der Waals surface area contributed by atoms with E-state index in [1.54, 1.807) is 0 Å². The van der Waals surface area contributed by atoms with E-state index in [1.807, 2.05) is 12.1 Å². The van der Waals surface area contributed by atoms with E-state index in [0.717, 1.165) is 23.5 Å². The van der Waals surface area contributed by atoms with Crippen LogP contribution in [0.1, 0.15) is 31.2 Å². The summed E-state index contributed by atoms with van der Waals surface area (Å²) in [5.41, 5.74) is 1.92. The van der Waals surface area contributed by atoms with E-state index in [4.69, 9.17) is 5.26 Å². The molecule has 1 aromatic carbocycles. The van der Waals surface area contributed by atoms with Gasteiger partial charge in [0.05, 0.1) is 17.3 Å². The van der Waals surface area contributed by atoms with E-state index in [1.165, 1.54) is 37.9 Å². The molecule has 1 saturated heterocycles. The Bertz CT molecular complexity index is 511. The molecule has 2 fully saturated rings. The average Bonchev–Trinajstić information content (AvgIpc) is 3.30. The summed E-state index contributed by atoms with van der Waals surface area (Å²) in [5.74, 6) is 0.959. The van der Waals surface area contributed by atoms with Gasteiger partial charge in [0, 0.05) is 23.6 Å². The molecule has 3 rings (SSSR count). The maximum absolute atomic E-state index is 8.91. The predicted octanol–water partition coefficient (Wildman–Crippen LogP) is 3.29. The molecule has 0 atom stereocenters. The van der Waals surface area contributed by atoms with Gasteiger partial charge >= 0.3 is 0 Å². The monoisotopic (exact) mass is 333 g/mol. The Hall–Kier alpha value is -1.05. The summed E-state index contributed by atoms with van der Waals surface area (Å²) in [6, 6.07) is 8.73. The number of hydrogen-bond acceptors (Lipinski definition) is 3. The number of nitriles is 1. The van der Waals surface area contributed by atoms with Crippen molar-refractivity contribution in [2.24, 2.45) is 5.92 Å². The van der Waals surface area contributed by atoms with Crippen molar-refractivity contribution in [3.63, 3.8) is 0 Å². The highest BCUT2D eigenvalue weighted by atomic mass is 79.9. The van der Waals surface area contributed by atoms with Crippen LogP contribution < -0.4 is 10.2 Å². The molecule has 4 heteroatoms. The molecule has 1 saturated carbocycles. The SMILES string of the molecule is N#Cc1ccc(N2CCC(NCC3CC3)CC2)c(Br)c1. The van der Waals surface area contributed by atoms with Crippen molar-refractivity contribution < 1.29 is 0 Å². The zero-order valence-electron chi connectivity index (χ0n) is 11.6. The first-order valence-electron chi connectivity index (χ1n) is 7.44. The minimum Gasteiger partial charge on any atom is -0.371 e. The van der Waals surface area contributed by atoms with Crippen LogP contribution in [0.2, 0.25) is 0 Å². The lowest BCUT2D eigenvalue weighted by atomic mass is 10.0. The van der Waals surface area contributed by atoms with E-state index in [0.29, 0.717) is 11.6 Å². The van der Waals surface area contributed by atoms with Gasteiger partial charge in [-0.3, -0.25) is 0 Å². The summed E-state index contributed by atoms with van der Waals surface area (Å²) in [5, 5.41) is 12.6. The summed E-state index contributed by atoms with van der Waals surface area (Å²) in [4.78, 5) is 2.42. The zero-order chi connectivity index (χ0) is 13.9. The number of hydrogen-bond donors (Lipinski definition) is 1. The van der Waals surface area contributed by atoms with Crippen LogP contribution in [0.25, 0.3) is 0 Å². The summed E-state index contributed by atoms with van der Waals surface area (Å²) < 4.78 is 1.03. The Kier molecular flexibility index (Phi) is 4.28. The highest BCUT2D eigenvalue weighted by Crippen LogP contribution is 2.30. The standard InChI is InChI=1S/C16H20BrN3/c17-15-9-13(10-18)3-4-16(15)20-7-5-14(6-8-20)19-11-12-1-2-12/h3-4,9,12,14,19H,1-2,5-8,11H2. The van der Waals surface area contributed by atoms with Gasteiger partial charge in [0.2, 0.25) is 0 Å². The molecule has 0 aromatic heterocycles. The molecule has 0 spiro atoms. The van der Waals surface area contributed by atoms with Gasteiger partial charge in [-0.15, -0.1) is 0 Å². The predicted molar refractivity (Wildman–Crippen MR) is 84.8 cm³/mol. The molecule has 1 aromatic rings. The Morgan fingerprint density at radius 2 is 2.00 bits per heavy atom. The molecule has 1 aliphatic heterocycles. The van der Waals surface area contributed by atoms with Crippen LogP contribution in [0, 0.1) is 17.2 Å². The van der Waals surface area contributed by atoms with Crippen molar-refractivity contribution in [2.45, 2.75) is 31.7 Å². The highest BCUT2D eigenvalue weighted by Gasteiger charge is 2.24. The lowest BCUT2D eigenvalue weighted by Crippen LogP contribution is -2.43. The first kappa shape index (κ1) is 13.9. The summed E-state index contributed by atoms with van der Waals surface area (Å²) in [7, 11) is 0. The van der Waals surface area contributed by atoms with E-state index in [2.05, 4.69) is 38.3 Å². The van der Waals surface area contributed by atoms with Crippen LogP contribution >= 0.6 is 15.9 Å². The van der Waals surface area contributed by atoms with E-state index >= 15 is 0 Å². The normalized spacial score (nSPS) is 19.9. The Labute approximate surface area is 129 Å². The quantitative estimate of drug-likeness (QED) is 0.918. The summed E-state index contributed by atoms with van der Waals surface area (Å²) in [6.07, 6.45) is 5.26. The first-order chi connectivity index (χ1) is 9.76. The largest absolute Gasteiger partial charge is 0.371 e. The lowest BCUT2D eigenvalue weighted by molar-refractivity contribution is 0.408. The Morgan fingerprint density at radius 3 is 2.60 bits per heavy atom. The van der Waals surface area contributed by atoms with Crippen LogP contribution in [0.5, 0.6) is 0 Å². The van der Waals surface area contributed by atoms with Gasteiger partial charge in [0.15, 0.2) is 0 Å². The van der Waals surface area contributed by atoms with Crippen molar-refractivity contribution in [3.8, 4) is 6.07 Å². The molecular formula is C16H20BrN3. The van der Waals surface area contributed by atoms with Crippen molar-refractivity contribution in [1.82, 2.24) is 5.32 Å². The molecule has 106 valence electrons. The van der Waals surface area contributed by atoms with Gasteiger partial charge < -0.3 is 10.2 Å². The van der Waals surface area contributed by atoms with Crippen molar-refractivity contribution in [1.29, 1.82) is 5.26 Å². The van der Waals surface area contributed by atoms with Crippen LogP contribution in [-0.4, -0.2) is 25.7 Å². The fraction of sp³-hybridized carbons (Fsp3) is 0.562. The number of anilines is 1. The molecule has 2 aliphatic rings. The number of nitrogens with zero attached hydrogens (tertiary/aromatic N) is 2. The number of piperidine rings is 1. The third-order valence-electron chi connectivity index (χ3n) is 4.30. The molecule has 3 nitrogen and oxygen atoms in total. The third kappa shape index (κ3) is 3.34. The first-order valence-corrected chi connectivity index (χ1v) is 8.23. The van der Waals surface area contributed by atoms with Crippen LogP contribution in [0.3, 0.4) is 0 Å². The molecule has 0 radical (unpaired) electrons. The zero-order valence-corrected chi connectivity index (χ0v) is 13.2. The van der Waals surface area contributed by atoms with Crippen molar-refractivity contribution in [2.75, 3.05) is 24.5 Å². The number of nitrogens with one attached hydrogen (secondary N) is 1. The Morgan fingerprint density at radius 1 is 1.25 bits per heavy atom. The second-order valence-corrected chi connectivity index (χ2v) is 6.75. The van der Waals surface area contributed by atoms with Gasteiger partial charge in [0.25, 0.3) is 0 Å². The van der Waals surface area contributed by atoms with Gasteiger partial charge in [-0.2, -0.15) is 5.26 Å².